The normalized spacial score (nSPS) is 10.9. The van der Waals surface area contributed by atoms with Crippen LogP contribution in [0.4, 0.5) is 5.69 Å². The van der Waals surface area contributed by atoms with Crippen LogP contribution in [-0.2, 0) is 22.4 Å². The topological polar surface area (TPSA) is 109 Å². The van der Waals surface area contributed by atoms with Crippen LogP contribution in [0.1, 0.15) is 35.4 Å². The van der Waals surface area contributed by atoms with Gasteiger partial charge in [-0.25, -0.2) is 9.50 Å². The fourth-order valence-corrected chi connectivity index (χ4v) is 3.04. The van der Waals surface area contributed by atoms with E-state index in [0.29, 0.717) is 30.7 Å². The molecule has 0 spiro atoms. The highest BCUT2D eigenvalue weighted by Gasteiger charge is 2.13. The average molecular weight is 367 g/mol. The molecule has 0 aliphatic heterocycles. The van der Waals surface area contributed by atoms with Crippen LogP contribution >= 0.6 is 0 Å². The molecule has 140 valence electrons. The van der Waals surface area contributed by atoms with E-state index in [1.165, 1.54) is 6.33 Å². The van der Waals surface area contributed by atoms with Crippen LogP contribution in [0.2, 0.25) is 0 Å². The van der Waals surface area contributed by atoms with Crippen molar-refractivity contribution in [2.45, 2.75) is 39.5 Å². The number of carbonyl (C=O) groups is 2. The summed E-state index contributed by atoms with van der Waals surface area (Å²) in [4.78, 5) is 31.5. The third-order valence-corrected chi connectivity index (χ3v) is 4.43. The van der Waals surface area contributed by atoms with Gasteiger partial charge in [-0.1, -0.05) is 12.1 Å². The number of carbonyl (C=O) groups excluding carboxylic acids is 1. The summed E-state index contributed by atoms with van der Waals surface area (Å²) in [6.07, 6.45) is 2.81. The molecule has 0 radical (unpaired) electrons. The summed E-state index contributed by atoms with van der Waals surface area (Å²) in [6, 6.07) is 7.26. The zero-order valence-electron chi connectivity index (χ0n) is 15.3. The second-order valence-corrected chi connectivity index (χ2v) is 6.38. The summed E-state index contributed by atoms with van der Waals surface area (Å²) in [5.41, 5.74) is 4.30. The number of hydrogen-bond donors (Lipinski definition) is 2. The number of amides is 1. The van der Waals surface area contributed by atoms with E-state index in [0.717, 1.165) is 22.5 Å². The number of rotatable bonds is 7. The lowest BCUT2D eigenvalue weighted by molar-refractivity contribution is -0.137. The van der Waals surface area contributed by atoms with Gasteiger partial charge in [0.2, 0.25) is 5.91 Å². The van der Waals surface area contributed by atoms with Crippen molar-refractivity contribution >= 4 is 23.3 Å². The van der Waals surface area contributed by atoms with Crippen molar-refractivity contribution in [3.63, 3.8) is 0 Å². The number of aliphatic carboxylic acids is 1. The van der Waals surface area contributed by atoms with Crippen molar-refractivity contribution in [3.05, 3.63) is 53.1 Å². The number of anilines is 1. The second kappa shape index (κ2) is 7.94. The SMILES string of the molecule is Cc1nc2ncnn2c(C)c1CCC(=O)Nc1cccc(CCC(=O)O)c1. The minimum absolute atomic E-state index is 0.0632. The predicted molar refractivity (Wildman–Crippen MR) is 99.6 cm³/mol. The number of aromatic nitrogens is 4. The molecule has 3 rings (SSSR count). The fourth-order valence-electron chi connectivity index (χ4n) is 3.04. The van der Waals surface area contributed by atoms with Gasteiger partial charge in [0.1, 0.15) is 6.33 Å². The molecule has 2 aromatic heterocycles. The van der Waals surface area contributed by atoms with Gasteiger partial charge in [-0.2, -0.15) is 10.1 Å². The molecule has 2 heterocycles. The minimum Gasteiger partial charge on any atom is -0.481 e. The first-order chi connectivity index (χ1) is 12.9. The molecule has 2 N–H and O–H groups in total. The maximum atomic E-state index is 12.3. The molecule has 0 aliphatic carbocycles. The number of nitrogens with one attached hydrogen (secondary N) is 1. The van der Waals surface area contributed by atoms with E-state index in [9.17, 15) is 9.59 Å². The smallest absolute Gasteiger partial charge is 0.303 e. The Morgan fingerprint density at radius 2 is 2.00 bits per heavy atom. The van der Waals surface area contributed by atoms with Crippen LogP contribution in [0.3, 0.4) is 0 Å². The highest BCUT2D eigenvalue weighted by Crippen LogP contribution is 2.16. The van der Waals surface area contributed by atoms with Gasteiger partial charge >= 0.3 is 5.97 Å². The molecule has 27 heavy (non-hydrogen) atoms. The van der Waals surface area contributed by atoms with Crippen LogP contribution in [0.5, 0.6) is 0 Å². The van der Waals surface area contributed by atoms with E-state index in [4.69, 9.17) is 5.11 Å². The molecule has 1 aromatic carbocycles. The molecular weight excluding hydrogens is 346 g/mol. The van der Waals surface area contributed by atoms with Gasteiger partial charge in [-0.05, 0) is 49.9 Å². The van der Waals surface area contributed by atoms with Crippen molar-refractivity contribution in [1.29, 1.82) is 0 Å². The Morgan fingerprint density at radius 1 is 1.19 bits per heavy atom. The van der Waals surface area contributed by atoms with Crippen LogP contribution in [0.25, 0.3) is 5.78 Å². The highest BCUT2D eigenvalue weighted by molar-refractivity contribution is 5.90. The summed E-state index contributed by atoms with van der Waals surface area (Å²) in [7, 11) is 0. The standard InChI is InChI=1S/C19H21N5O3/c1-12-16(13(2)24-19(22-12)20-11-21-24)7-8-17(25)23-15-5-3-4-14(10-15)6-9-18(26)27/h3-5,10-11H,6-9H2,1-2H3,(H,23,25)(H,26,27). The molecule has 0 atom stereocenters. The number of hydrogen-bond acceptors (Lipinski definition) is 5. The number of aryl methyl sites for hydroxylation is 3. The number of benzene rings is 1. The molecule has 3 aromatic rings. The summed E-state index contributed by atoms with van der Waals surface area (Å²) in [5.74, 6) is -0.396. The monoisotopic (exact) mass is 367 g/mol. The second-order valence-electron chi connectivity index (χ2n) is 6.38. The molecule has 0 saturated carbocycles. The van der Waals surface area contributed by atoms with E-state index in [1.807, 2.05) is 26.0 Å². The van der Waals surface area contributed by atoms with E-state index < -0.39 is 5.97 Å². The lowest BCUT2D eigenvalue weighted by atomic mass is 10.1. The maximum Gasteiger partial charge on any atom is 0.303 e. The summed E-state index contributed by atoms with van der Waals surface area (Å²) >= 11 is 0. The summed E-state index contributed by atoms with van der Waals surface area (Å²) in [5, 5.41) is 15.8. The average Bonchev–Trinajstić information content (AvgIpc) is 3.08. The zero-order valence-corrected chi connectivity index (χ0v) is 15.3. The zero-order chi connectivity index (χ0) is 19.4. The van der Waals surface area contributed by atoms with Crippen LogP contribution < -0.4 is 5.32 Å². The van der Waals surface area contributed by atoms with Gasteiger partial charge in [0, 0.05) is 29.9 Å². The Bertz CT molecular complexity index is 996. The van der Waals surface area contributed by atoms with Crippen LogP contribution in [0, 0.1) is 13.8 Å². The van der Waals surface area contributed by atoms with E-state index in [2.05, 4.69) is 20.4 Å². The van der Waals surface area contributed by atoms with Crippen molar-refractivity contribution in [2.24, 2.45) is 0 Å². The van der Waals surface area contributed by atoms with E-state index in [1.54, 1.807) is 16.6 Å². The van der Waals surface area contributed by atoms with Gasteiger partial charge < -0.3 is 10.4 Å². The molecule has 0 bridgehead atoms. The predicted octanol–water partition coefficient (Wildman–Crippen LogP) is 2.33. The van der Waals surface area contributed by atoms with E-state index in [-0.39, 0.29) is 12.3 Å². The first-order valence-electron chi connectivity index (χ1n) is 8.70. The van der Waals surface area contributed by atoms with Crippen molar-refractivity contribution in [2.75, 3.05) is 5.32 Å². The first-order valence-corrected chi connectivity index (χ1v) is 8.70. The van der Waals surface area contributed by atoms with E-state index >= 15 is 0 Å². The van der Waals surface area contributed by atoms with Gasteiger partial charge in [0.05, 0.1) is 0 Å². The van der Waals surface area contributed by atoms with Crippen molar-refractivity contribution < 1.29 is 14.7 Å². The molecule has 0 fully saturated rings. The van der Waals surface area contributed by atoms with Gasteiger partial charge in [-0.3, -0.25) is 9.59 Å². The molecule has 0 aliphatic rings. The Hall–Kier alpha value is -3.29. The molecule has 1 amide bonds. The molecular formula is C19H21N5O3. The Balaban J connectivity index is 1.63. The molecule has 0 unspecified atom stereocenters. The third-order valence-electron chi connectivity index (χ3n) is 4.43. The van der Waals surface area contributed by atoms with Crippen molar-refractivity contribution in [3.8, 4) is 0 Å². The number of nitrogens with zero attached hydrogens (tertiary/aromatic N) is 4. The highest BCUT2D eigenvalue weighted by atomic mass is 16.4. The van der Waals surface area contributed by atoms with Gasteiger partial charge in [0.25, 0.3) is 5.78 Å². The number of carboxylic acids is 1. The van der Waals surface area contributed by atoms with Crippen LogP contribution in [0.15, 0.2) is 30.6 Å². The minimum atomic E-state index is -0.840. The largest absolute Gasteiger partial charge is 0.481 e. The lowest BCUT2D eigenvalue weighted by Gasteiger charge is -2.11. The molecule has 8 nitrogen and oxygen atoms in total. The lowest BCUT2D eigenvalue weighted by Crippen LogP contribution is -2.14. The first kappa shape index (κ1) is 18.5. The summed E-state index contributed by atoms with van der Waals surface area (Å²) in [6.45, 7) is 3.84. The Labute approximate surface area is 156 Å². The molecule has 8 heteroatoms. The third kappa shape index (κ3) is 4.46. The Kier molecular flexibility index (Phi) is 5.44. The number of fused-ring (bicyclic) bond motifs is 1. The number of carboxylic acid groups (broad SMARTS) is 1. The van der Waals surface area contributed by atoms with Crippen LogP contribution in [-0.4, -0.2) is 36.6 Å². The molecule has 0 saturated heterocycles. The fraction of sp³-hybridized carbons (Fsp3) is 0.316. The van der Waals surface area contributed by atoms with Gasteiger partial charge in [0.15, 0.2) is 0 Å². The van der Waals surface area contributed by atoms with Crippen molar-refractivity contribution in [1.82, 2.24) is 19.6 Å². The summed E-state index contributed by atoms with van der Waals surface area (Å²) < 4.78 is 1.67. The maximum absolute atomic E-state index is 12.3. The van der Waals surface area contributed by atoms with Gasteiger partial charge in [-0.15, -0.1) is 0 Å². The Morgan fingerprint density at radius 3 is 2.78 bits per heavy atom. The quantitative estimate of drug-likeness (QED) is 0.663.